The highest BCUT2D eigenvalue weighted by Gasteiger charge is 2.16. The van der Waals surface area contributed by atoms with Crippen LogP contribution in [0.15, 0.2) is 71.8 Å². The lowest BCUT2D eigenvalue weighted by atomic mass is 10.1. The first kappa shape index (κ1) is 20.9. The van der Waals surface area contributed by atoms with Gasteiger partial charge >= 0.3 is 0 Å². The Morgan fingerprint density at radius 3 is 2.58 bits per heavy atom. The third kappa shape index (κ3) is 4.86. The number of carbonyl (C=O) groups is 1. The highest BCUT2D eigenvalue weighted by Crippen LogP contribution is 2.16. The third-order valence-electron chi connectivity index (χ3n) is 5.10. The topological polar surface area (TPSA) is 71.0 Å². The SMILES string of the molecule is CCCN(Cc1nc2cc(Cl)ccc2c(=O)[nH]1)C(=O)Cc1ccc(-n2cccc2)cc1. The predicted octanol–water partition coefficient (Wildman–Crippen LogP) is 4.35. The van der Waals surface area contributed by atoms with Gasteiger partial charge in [-0.1, -0.05) is 30.7 Å². The number of rotatable bonds is 7. The Balaban J connectivity index is 1.51. The first-order chi connectivity index (χ1) is 15.0. The Morgan fingerprint density at radius 1 is 1.13 bits per heavy atom. The lowest BCUT2D eigenvalue weighted by molar-refractivity contribution is -0.131. The minimum absolute atomic E-state index is 0.00981. The molecule has 2 aromatic carbocycles. The molecule has 31 heavy (non-hydrogen) atoms. The van der Waals surface area contributed by atoms with Gasteiger partial charge in [-0.3, -0.25) is 9.59 Å². The normalized spacial score (nSPS) is 11.0. The minimum atomic E-state index is -0.235. The smallest absolute Gasteiger partial charge is 0.258 e. The predicted molar refractivity (Wildman–Crippen MR) is 123 cm³/mol. The lowest BCUT2D eigenvalue weighted by Gasteiger charge is -2.22. The molecule has 0 atom stereocenters. The van der Waals surface area contributed by atoms with E-state index in [1.54, 1.807) is 23.1 Å². The molecule has 0 saturated carbocycles. The van der Waals surface area contributed by atoms with Gasteiger partial charge < -0.3 is 14.5 Å². The second-order valence-electron chi connectivity index (χ2n) is 7.42. The van der Waals surface area contributed by atoms with Crippen LogP contribution < -0.4 is 5.56 Å². The standard InChI is InChI=1S/C24H23ClN4O2/c1-2-11-29(16-22-26-21-15-18(25)7-10-20(21)24(31)27-22)23(30)14-17-5-8-19(9-6-17)28-12-3-4-13-28/h3-10,12-13,15H,2,11,14,16H2,1H3,(H,26,27,31). The molecule has 4 aromatic rings. The Bertz CT molecular complexity index is 1250. The van der Waals surface area contributed by atoms with Gasteiger partial charge in [0.25, 0.3) is 5.56 Å². The number of aromatic amines is 1. The number of halogens is 1. The van der Waals surface area contributed by atoms with Crippen molar-refractivity contribution in [2.24, 2.45) is 0 Å². The van der Waals surface area contributed by atoms with E-state index in [9.17, 15) is 9.59 Å². The van der Waals surface area contributed by atoms with Gasteiger partial charge in [-0.2, -0.15) is 0 Å². The number of amides is 1. The molecule has 0 fully saturated rings. The molecule has 0 bridgehead atoms. The van der Waals surface area contributed by atoms with Crippen molar-refractivity contribution in [3.63, 3.8) is 0 Å². The number of nitrogens with zero attached hydrogens (tertiary/aromatic N) is 3. The second-order valence-corrected chi connectivity index (χ2v) is 7.86. The number of hydrogen-bond acceptors (Lipinski definition) is 3. The molecule has 0 saturated heterocycles. The van der Waals surface area contributed by atoms with Crippen LogP contribution in [0.25, 0.3) is 16.6 Å². The average molecular weight is 435 g/mol. The van der Waals surface area contributed by atoms with E-state index in [1.165, 1.54) is 0 Å². The number of H-pyrrole nitrogens is 1. The molecule has 2 heterocycles. The van der Waals surface area contributed by atoms with Crippen molar-refractivity contribution in [2.75, 3.05) is 6.54 Å². The van der Waals surface area contributed by atoms with Crippen LogP contribution in [0.1, 0.15) is 24.7 Å². The van der Waals surface area contributed by atoms with Gasteiger partial charge in [-0.15, -0.1) is 0 Å². The van der Waals surface area contributed by atoms with E-state index in [0.717, 1.165) is 17.7 Å². The summed E-state index contributed by atoms with van der Waals surface area (Å²) in [5, 5.41) is 0.991. The third-order valence-corrected chi connectivity index (χ3v) is 5.33. The molecule has 7 heteroatoms. The van der Waals surface area contributed by atoms with Crippen molar-refractivity contribution in [1.82, 2.24) is 19.4 Å². The zero-order valence-electron chi connectivity index (χ0n) is 17.2. The molecule has 4 rings (SSSR count). The first-order valence-electron chi connectivity index (χ1n) is 10.2. The van der Waals surface area contributed by atoms with Crippen LogP contribution in [0, 0.1) is 0 Å². The van der Waals surface area contributed by atoms with Gasteiger partial charge in [0.2, 0.25) is 5.91 Å². The van der Waals surface area contributed by atoms with Crippen LogP contribution in [0.2, 0.25) is 5.02 Å². The molecule has 1 amide bonds. The van der Waals surface area contributed by atoms with Crippen molar-refractivity contribution < 1.29 is 4.79 Å². The molecule has 0 spiro atoms. The maximum Gasteiger partial charge on any atom is 0.258 e. The summed E-state index contributed by atoms with van der Waals surface area (Å²) in [5.41, 5.74) is 2.27. The number of carbonyl (C=O) groups excluding carboxylic acids is 1. The monoisotopic (exact) mass is 434 g/mol. The maximum absolute atomic E-state index is 13.0. The fourth-order valence-electron chi connectivity index (χ4n) is 3.56. The zero-order valence-corrected chi connectivity index (χ0v) is 18.0. The van der Waals surface area contributed by atoms with Crippen molar-refractivity contribution in [1.29, 1.82) is 0 Å². The van der Waals surface area contributed by atoms with Crippen LogP contribution in [0.4, 0.5) is 0 Å². The summed E-state index contributed by atoms with van der Waals surface area (Å²) in [6.45, 7) is 2.84. The highest BCUT2D eigenvalue weighted by atomic mass is 35.5. The summed E-state index contributed by atoms with van der Waals surface area (Å²) < 4.78 is 2.02. The van der Waals surface area contributed by atoms with Crippen LogP contribution in [-0.4, -0.2) is 31.9 Å². The van der Waals surface area contributed by atoms with E-state index < -0.39 is 0 Å². The summed E-state index contributed by atoms with van der Waals surface area (Å²) in [4.78, 5) is 34.4. The number of nitrogens with one attached hydrogen (secondary N) is 1. The fraction of sp³-hybridized carbons (Fsp3) is 0.208. The van der Waals surface area contributed by atoms with E-state index in [2.05, 4.69) is 9.97 Å². The van der Waals surface area contributed by atoms with E-state index in [1.807, 2.05) is 60.3 Å². The van der Waals surface area contributed by atoms with Gasteiger partial charge in [-0.05, 0) is 54.4 Å². The Labute approximate surface area is 185 Å². The van der Waals surface area contributed by atoms with Gasteiger partial charge in [0.05, 0.1) is 23.9 Å². The molecule has 0 aliphatic heterocycles. The van der Waals surface area contributed by atoms with Crippen molar-refractivity contribution in [3.05, 3.63) is 93.8 Å². The molecule has 0 radical (unpaired) electrons. The van der Waals surface area contributed by atoms with Crippen molar-refractivity contribution in [3.8, 4) is 5.69 Å². The van der Waals surface area contributed by atoms with E-state index >= 15 is 0 Å². The summed E-state index contributed by atoms with van der Waals surface area (Å²) in [7, 11) is 0. The molecular formula is C24H23ClN4O2. The van der Waals surface area contributed by atoms with Crippen LogP contribution in [0.3, 0.4) is 0 Å². The lowest BCUT2D eigenvalue weighted by Crippen LogP contribution is -2.34. The first-order valence-corrected chi connectivity index (χ1v) is 10.6. The van der Waals surface area contributed by atoms with E-state index in [-0.39, 0.29) is 24.4 Å². The Kier molecular flexibility index (Phi) is 6.18. The van der Waals surface area contributed by atoms with E-state index in [0.29, 0.717) is 28.3 Å². The zero-order chi connectivity index (χ0) is 21.8. The van der Waals surface area contributed by atoms with E-state index in [4.69, 9.17) is 11.6 Å². The molecule has 158 valence electrons. The molecule has 6 nitrogen and oxygen atoms in total. The van der Waals surface area contributed by atoms with Crippen molar-refractivity contribution in [2.45, 2.75) is 26.3 Å². The van der Waals surface area contributed by atoms with Crippen LogP contribution in [0.5, 0.6) is 0 Å². The van der Waals surface area contributed by atoms with Gasteiger partial charge in [0.1, 0.15) is 5.82 Å². The molecule has 2 aromatic heterocycles. The van der Waals surface area contributed by atoms with Crippen LogP contribution >= 0.6 is 11.6 Å². The van der Waals surface area contributed by atoms with Gasteiger partial charge in [-0.25, -0.2) is 4.98 Å². The number of benzene rings is 2. The second kappa shape index (κ2) is 9.18. The van der Waals surface area contributed by atoms with Crippen LogP contribution in [-0.2, 0) is 17.8 Å². The number of fused-ring (bicyclic) bond motifs is 1. The molecule has 0 aliphatic carbocycles. The molecule has 1 N–H and O–H groups in total. The van der Waals surface area contributed by atoms with Gasteiger partial charge in [0.15, 0.2) is 0 Å². The quantitative estimate of drug-likeness (QED) is 0.470. The fourth-order valence-corrected chi connectivity index (χ4v) is 3.72. The number of aromatic nitrogens is 3. The summed E-state index contributed by atoms with van der Waals surface area (Å²) in [5.74, 6) is 0.439. The van der Waals surface area contributed by atoms with Gasteiger partial charge in [0, 0.05) is 29.6 Å². The molecule has 0 unspecified atom stereocenters. The average Bonchev–Trinajstić information content (AvgIpc) is 3.28. The summed E-state index contributed by atoms with van der Waals surface area (Å²) >= 11 is 6.04. The Hall–Kier alpha value is -3.38. The maximum atomic E-state index is 13.0. The summed E-state index contributed by atoms with van der Waals surface area (Å²) in [6, 6.07) is 16.9. The molecule has 0 aliphatic rings. The highest BCUT2D eigenvalue weighted by molar-refractivity contribution is 6.31. The Morgan fingerprint density at radius 2 is 1.87 bits per heavy atom. The minimum Gasteiger partial charge on any atom is -0.335 e. The largest absolute Gasteiger partial charge is 0.335 e. The molecular weight excluding hydrogens is 412 g/mol. The van der Waals surface area contributed by atoms with Crippen molar-refractivity contribution >= 4 is 28.4 Å². The number of hydrogen-bond donors (Lipinski definition) is 1. The summed E-state index contributed by atoms with van der Waals surface area (Å²) in [6.07, 6.45) is 5.05.